The van der Waals surface area contributed by atoms with Crippen molar-refractivity contribution in [1.82, 2.24) is 15.6 Å². The molecule has 0 aliphatic heterocycles. The van der Waals surface area contributed by atoms with Crippen LogP contribution in [0.4, 0.5) is 13.6 Å². The lowest BCUT2D eigenvalue weighted by Crippen LogP contribution is -2.43. The number of benzene rings is 1. The number of carbonyl (C=O) groups excluding carboxylic acids is 3. The highest BCUT2D eigenvalue weighted by atomic mass is 19.1. The molecule has 10 heteroatoms. The van der Waals surface area contributed by atoms with Crippen molar-refractivity contribution < 1.29 is 32.6 Å². The van der Waals surface area contributed by atoms with Gasteiger partial charge in [0.05, 0.1) is 18.9 Å². The van der Waals surface area contributed by atoms with E-state index in [1.807, 2.05) is 0 Å². The maximum Gasteiger partial charge on any atom is 0.315 e. The third kappa shape index (κ3) is 12.7. The van der Waals surface area contributed by atoms with Gasteiger partial charge in [0.1, 0.15) is 17.4 Å². The van der Waals surface area contributed by atoms with Crippen LogP contribution in [0.25, 0.3) is 0 Å². The number of hydrogen-bond donors (Lipinski definition) is 2. The number of nitrogens with zero attached hydrogens (tertiary/aromatic N) is 1. The lowest BCUT2D eigenvalue weighted by atomic mass is 9.87. The fourth-order valence-electron chi connectivity index (χ4n) is 4.07. The van der Waals surface area contributed by atoms with Crippen LogP contribution in [-0.2, 0) is 9.53 Å². The molecule has 0 saturated heterocycles. The molecule has 1 aliphatic carbocycles. The lowest BCUT2D eigenvalue weighted by molar-refractivity contribution is -0.140. The van der Waals surface area contributed by atoms with Crippen molar-refractivity contribution in [2.75, 3.05) is 13.7 Å². The first-order valence-electron chi connectivity index (χ1n) is 13.4. The topological polar surface area (TPSA) is 107 Å². The number of carbonyl (C=O) groups is 3. The highest BCUT2D eigenvalue weighted by Crippen LogP contribution is 2.24. The smallest absolute Gasteiger partial charge is 0.315 e. The molecule has 2 aromatic rings. The minimum atomic E-state index is -0.619. The average Bonchev–Trinajstić information content (AvgIpc) is 2.91. The molecule has 3 rings (SSSR count). The molecule has 2 N–H and O–H groups in total. The second-order valence-corrected chi connectivity index (χ2v) is 9.72. The number of nitrogens with one attached hydrogen (secondary N) is 2. The van der Waals surface area contributed by atoms with E-state index in [2.05, 4.69) is 27.3 Å². The number of amides is 2. The minimum absolute atomic E-state index is 0.00416. The van der Waals surface area contributed by atoms with E-state index in [9.17, 15) is 23.2 Å². The van der Waals surface area contributed by atoms with Gasteiger partial charge < -0.3 is 20.1 Å². The van der Waals surface area contributed by atoms with Gasteiger partial charge in [-0.25, -0.2) is 18.6 Å². The van der Waals surface area contributed by atoms with Crippen LogP contribution in [0.5, 0.6) is 11.6 Å². The summed E-state index contributed by atoms with van der Waals surface area (Å²) in [7, 11) is 1.41. The van der Waals surface area contributed by atoms with E-state index in [1.54, 1.807) is 0 Å². The largest absolute Gasteiger partial charge is 0.469 e. The van der Waals surface area contributed by atoms with E-state index in [-0.39, 0.29) is 29.2 Å². The van der Waals surface area contributed by atoms with Gasteiger partial charge >= 0.3 is 12.0 Å². The Balaban J connectivity index is 0.000000276. The van der Waals surface area contributed by atoms with Crippen LogP contribution in [0.2, 0.25) is 0 Å². The molecule has 1 aromatic heterocycles. The molecule has 39 heavy (non-hydrogen) atoms. The Hall–Kier alpha value is -3.56. The molecule has 1 aliphatic rings. The van der Waals surface area contributed by atoms with Crippen LogP contribution in [0.3, 0.4) is 0 Å². The van der Waals surface area contributed by atoms with Gasteiger partial charge in [-0.15, -0.1) is 0 Å². The van der Waals surface area contributed by atoms with Crippen molar-refractivity contribution >= 4 is 17.8 Å². The summed E-state index contributed by atoms with van der Waals surface area (Å²) in [6, 6.07) is 6.58. The van der Waals surface area contributed by atoms with Crippen LogP contribution in [-0.4, -0.2) is 42.5 Å². The van der Waals surface area contributed by atoms with Gasteiger partial charge in [0.25, 0.3) is 0 Å². The predicted molar refractivity (Wildman–Crippen MR) is 144 cm³/mol. The first kappa shape index (κ1) is 31.7. The molecule has 1 heterocycles. The van der Waals surface area contributed by atoms with Gasteiger partial charge in [0.15, 0.2) is 5.78 Å². The molecule has 1 fully saturated rings. The summed E-state index contributed by atoms with van der Waals surface area (Å²) >= 11 is 0. The predicted octanol–water partition coefficient (Wildman–Crippen LogP) is 6.34. The molecule has 1 saturated carbocycles. The van der Waals surface area contributed by atoms with Crippen LogP contribution in [0.15, 0.2) is 36.5 Å². The number of hydrogen-bond acceptors (Lipinski definition) is 6. The Morgan fingerprint density at radius 2 is 1.64 bits per heavy atom. The van der Waals surface area contributed by atoms with Crippen molar-refractivity contribution in [2.24, 2.45) is 5.92 Å². The number of ketones is 1. The number of aromatic nitrogens is 1. The zero-order chi connectivity index (χ0) is 28.6. The molecule has 0 atom stereocenters. The zero-order valence-electron chi connectivity index (χ0n) is 22.9. The second kappa shape index (κ2) is 17.1. The van der Waals surface area contributed by atoms with Crippen LogP contribution < -0.4 is 15.4 Å². The zero-order valence-corrected chi connectivity index (χ0v) is 22.9. The van der Waals surface area contributed by atoms with Crippen LogP contribution >= 0.6 is 0 Å². The van der Waals surface area contributed by atoms with Crippen LogP contribution in [0.1, 0.15) is 82.0 Å². The standard InChI is InChI=1S/C16H30N2O3.C13H9F2NO2/c1-13-8-10-14(11-9-13)18-16(20)17-12-6-4-3-5-7-15(19)21-2;1-8(17)12-6-10(15)7-16-13(12)18-11-4-2-9(14)3-5-11/h13-14H,3-12H2,1-2H3,(H2,17,18,20);2-7H,1H3. The number of urea groups is 1. The maximum atomic E-state index is 13.0. The van der Waals surface area contributed by atoms with E-state index in [4.69, 9.17) is 4.74 Å². The molecule has 0 spiro atoms. The van der Waals surface area contributed by atoms with E-state index in [0.717, 1.165) is 56.7 Å². The summed E-state index contributed by atoms with van der Waals surface area (Å²) < 4.78 is 35.6. The molecular weight excluding hydrogens is 508 g/mol. The fourth-order valence-corrected chi connectivity index (χ4v) is 4.07. The molecule has 0 unspecified atom stereocenters. The van der Waals surface area contributed by atoms with Gasteiger partial charge in [0, 0.05) is 19.0 Å². The molecule has 0 bridgehead atoms. The highest BCUT2D eigenvalue weighted by Gasteiger charge is 2.19. The number of Topliss-reactive ketones (excluding diaryl/α,β-unsaturated/α-hetero) is 1. The molecule has 214 valence electrons. The van der Waals surface area contributed by atoms with E-state index >= 15 is 0 Å². The SMILES string of the molecule is CC(=O)c1cc(F)cnc1Oc1ccc(F)cc1.COC(=O)CCCCCCNC(=O)NC1CCC(C)CC1. The van der Waals surface area contributed by atoms with Crippen molar-refractivity contribution in [3.63, 3.8) is 0 Å². The summed E-state index contributed by atoms with van der Waals surface area (Å²) in [4.78, 5) is 37.7. The van der Waals surface area contributed by atoms with E-state index in [1.165, 1.54) is 51.1 Å². The number of pyridine rings is 1. The van der Waals surface area contributed by atoms with Gasteiger partial charge in [-0.2, -0.15) is 0 Å². The molecule has 0 radical (unpaired) electrons. The summed E-state index contributed by atoms with van der Waals surface area (Å²) in [5.41, 5.74) is 0.0410. The number of ether oxygens (including phenoxy) is 2. The number of esters is 1. The number of unbranched alkanes of at least 4 members (excludes halogenated alkanes) is 3. The first-order chi connectivity index (χ1) is 18.7. The molecule has 2 amide bonds. The van der Waals surface area contributed by atoms with E-state index in [0.29, 0.717) is 24.8 Å². The number of methoxy groups -OCH3 is 1. The third-order valence-corrected chi connectivity index (χ3v) is 6.40. The molecule has 8 nitrogen and oxygen atoms in total. The quantitative estimate of drug-likeness (QED) is 0.193. The van der Waals surface area contributed by atoms with Gasteiger partial charge in [-0.1, -0.05) is 19.8 Å². The minimum Gasteiger partial charge on any atom is -0.469 e. The number of halogens is 2. The van der Waals surface area contributed by atoms with Gasteiger partial charge in [0.2, 0.25) is 5.88 Å². The summed E-state index contributed by atoms with van der Waals surface area (Å²) in [5.74, 6) is -0.411. The normalized spacial score (nSPS) is 16.3. The summed E-state index contributed by atoms with van der Waals surface area (Å²) in [5, 5.41) is 5.96. The Kier molecular flexibility index (Phi) is 13.9. The highest BCUT2D eigenvalue weighted by molar-refractivity contribution is 5.96. The summed E-state index contributed by atoms with van der Waals surface area (Å²) in [6.45, 7) is 4.26. The van der Waals surface area contributed by atoms with Crippen molar-refractivity contribution in [3.8, 4) is 11.6 Å². The Morgan fingerprint density at radius 3 is 2.28 bits per heavy atom. The second-order valence-electron chi connectivity index (χ2n) is 9.72. The monoisotopic (exact) mass is 547 g/mol. The van der Waals surface area contributed by atoms with Gasteiger partial charge in [-0.3, -0.25) is 9.59 Å². The average molecular weight is 548 g/mol. The van der Waals surface area contributed by atoms with Gasteiger partial charge in [-0.05, 0) is 81.7 Å². The fraction of sp³-hybridized carbons (Fsp3) is 0.517. The summed E-state index contributed by atoms with van der Waals surface area (Å²) in [6.07, 6.45) is 9.91. The number of rotatable bonds is 11. The Morgan fingerprint density at radius 1 is 0.974 bits per heavy atom. The Labute approximate surface area is 228 Å². The lowest BCUT2D eigenvalue weighted by Gasteiger charge is -2.26. The molecule has 1 aromatic carbocycles. The van der Waals surface area contributed by atoms with Crippen LogP contribution in [0, 0.1) is 17.6 Å². The first-order valence-corrected chi connectivity index (χ1v) is 13.4. The van der Waals surface area contributed by atoms with E-state index < -0.39 is 11.6 Å². The third-order valence-electron chi connectivity index (χ3n) is 6.40. The van der Waals surface area contributed by atoms with Crippen molar-refractivity contribution in [1.29, 1.82) is 0 Å². The molecular formula is C29H39F2N3O5. The Bertz CT molecular complexity index is 1060. The van der Waals surface area contributed by atoms with Crippen molar-refractivity contribution in [3.05, 3.63) is 53.7 Å². The maximum absolute atomic E-state index is 13.0. The van der Waals surface area contributed by atoms with Crippen molar-refractivity contribution in [2.45, 2.75) is 77.7 Å².